The summed E-state index contributed by atoms with van der Waals surface area (Å²) in [6.45, 7) is 4.90. The summed E-state index contributed by atoms with van der Waals surface area (Å²) in [6, 6.07) is 0. The van der Waals surface area contributed by atoms with Crippen LogP contribution in [0.5, 0.6) is 0 Å². The first-order valence-electron chi connectivity index (χ1n) is 6.57. The first-order valence-corrected chi connectivity index (χ1v) is 8.05. The Balaban J connectivity index is 2.25. The van der Waals surface area contributed by atoms with Crippen LogP contribution in [0, 0.1) is 6.92 Å². The second-order valence-corrected chi connectivity index (χ2v) is 6.15. The molecular weight excluding hydrogens is 292 g/mol. The molecule has 0 bridgehead atoms. The van der Waals surface area contributed by atoms with Crippen molar-refractivity contribution in [2.75, 3.05) is 11.3 Å². The van der Waals surface area contributed by atoms with E-state index in [0.29, 0.717) is 23.6 Å². The minimum atomic E-state index is -3.73. The Morgan fingerprint density at radius 3 is 2.67 bits per heavy atom. The maximum Gasteiger partial charge on any atom is 0.265 e. The van der Waals surface area contributed by atoms with Crippen LogP contribution in [-0.2, 0) is 16.6 Å². The van der Waals surface area contributed by atoms with Gasteiger partial charge in [0.05, 0.1) is 29.5 Å². The van der Waals surface area contributed by atoms with Crippen LogP contribution in [0.25, 0.3) is 0 Å². The maximum absolute atomic E-state index is 12.5. The van der Waals surface area contributed by atoms with Crippen molar-refractivity contribution in [2.24, 2.45) is 0 Å². The second kappa shape index (κ2) is 6.64. The summed E-state index contributed by atoms with van der Waals surface area (Å²) in [7, 11) is -3.73. The molecule has 0 atom stereocenters. The average molecular weight is 310 g/mol. The van der Waals surface area contributed by atoms with Crippen molar-refractivity contribution in [3.8, 4) is 0 Å². The van der Waals surface area contributed by atoms with Gasteiger partial charge in [0.1, 0.15) is 11.2 Å². The predicted octanol–water partition coefficient (Wildman–Crippen LogP) is 0.809. The predicted molar refractivity (Wildman–Crippen MR) is 78.2 cm³/mol. The van der Waals surface area contributed by atoms with Gasteiger partial charge in [0.2, 0.25) is 0 Å². The Bertz CT molecular complexity index is 683. The quantitative estimate of drug-likeness (QED) is 0.652. The lowest BCUT2D eigenvalue weighted by atomic mass is 10.3. The lowest BCUT2D eigenvalue weighted by Crippen LogP contribution is -2.19. The number of H-pyrrole nitrogens is 1. The number of hydrogen-bond donors (Lipinski definition) is 3. The normalized spacial score (nSPS) is 11.5. The van der Waals surface area contributed by atoms with E-state index in [9.17, 15) is 8.42 Å². The molecule has 2 heterocycles. The SMILES string of the molecule is CCCNCc1n[nH]c(C)c1S(=O)(=O)Nc1cncnc1. The summed E-state index contributed by atoms with van der Waals surface area (Å²) in [5, 5.41) is 9.91. The van der Waals surface area contributed by atoms with E-state index < -0.39 is 10.0 Å². The fourth-order valence-electron chi connectivity index (χ4n) is 1.89. The summed E-state index contributed by atoms with van der Waals surface area (Å²) in [4.78, 5) is 7.73. The molecule has 0 spiro atoms. The van der Waals surface area contributed by atoms with Crippen molar-refractivity contribution in [2.45, 2.75) is 31.7 Å². The van der Waals surface area contributed by atoms with E-state index in [-0.39, 0.29) is 4.90 Å². The number of sulfonamides is 1. The molecule has 0 aromatic carbocycles. The maximum atomic E-state index is 12.5. The molecule has 3 N–H and O–H groups in total. The zero-order chi connectivity index (χ0) is 15.3. The van der Waals surface area contributed by atoms with Gasteiger partial charge in [0.25, 0.3) is 10.0 Å². The number of nitrogens with one attached hydrogen (secondary N) is 3. The highest BCUT2D eigenvalue weighted by Crippen LogP contribution is 2.20. The standard InChI is InChI=1S/C12H18N6O2S/c1-3-4-13-7-11-12(9(2)16-17-11)21(19,20)18-10-5-14-8-15-6-10/h5-6,8,13,18H,3-4,7H2,1-2H3,(H,16,17). The van der Waals surface area contributed by atoms with Crippen molar-refractivity contribution in [1.29, 1.82) is 0 Å². The zero-order valence-corrected chi connectivity index (χ0v) is 12.7. The van der Waals surface area contributed by atoms with E-state index in [0.717, 1.165) is 13.0 Å². The molecule has 0 fully saturated rings. The lowest BCUT2D eigenvalue weighted by Gasteiger charge is -2.08. The van der Waals surface area contributed by atoms with E-state index in [1.54, 1.807) is 6.92 Å². The van der Waals surface area contributed by atoms with E-state index in [2.05, 4.69) is 30.2 Å². The van der Waals surface area contributed by atoms with Crippen molar-refractivity contribution >= 4 is 15.7 Å². The Morgan fingerprint density at radius 2 is 2.00 bits per heavy atom. The smallest absolute Gasteiger partial charge is 0.265 e. The van der Waals surface area contributed by atoms with Gasteiger partial charge in [-0.15, -0.1) is 0 Å². The van der Waals surface area contributed by atoms with Gasteiger partial charge < -0.3 is 5.32 Å². The molecule has 2 aromatic heterocycles. The van der Waals surface area contributed by atoms with E-state index >= 15 is 0 Å². The highest BCUT2D eigenvalue weighted by Gasteiger charge is 2.24. The molecule has 0 aliphatic heterocycles. The van der Waals surface area contributed by atoms with Crippen LogP contribution >= 0.6 is 0 Å². The highest BCUT2D eigenvalue weighted by atomic mass is 32.2. The van der Waals surface area contributed by atoms with Gasteiger partial charge in [-0.2, -0.15) is 5.10 Å². The molecule has 2 rings (SSSR count). The summed E-state index contributed by atoms with van der Waals surface area (Å²) >= 11 is 0. The summed E-state index contributed by atoms with van der Waals surface area (Å²) in [6.07, 6.45) is 5.09. The molecule has 0 unspecified atom stereocenters. The summed E-state index contributed by atoms with van der Waals surface area (Å²) < 4.78 is 27.4. The third-order valence-corrected chi connectivity index (χ3v) is 4.35. The molecular formula is C12H18N6O2S. The van der Waals surface area contributed by atoms with Crippen LogP contribution in [0.4, 0.5) is 5.69 Å². The van der Waals surface area contributed by atoms with Gasteiger partial charge in [-0.25, -0.2) is 18.4 Å². The largest absolute Gasteiger partial charge is 0.311 e. The molecule has 9 heteroatoms. The number of nitrogens with zero attached hydrogens (tertiary/aromatic N) is 3. The van der Waals surface area contributed by atoms with Gasteiger partial charge in [-0.1, -0.05) is 6.92 Å². The Hall–Kier alpha value is -2.00. The first-order chi connectivity index (χ1) is 10.0. The molecule has 2 aromatic rings. The van der Waals surface area contributed by atoms with Crippen LogP contribution in [0.3, 0.4) is 0 Å². The summed E-state index contributed by atoms with van der Waals surface area (Å²) in [5.41, 5.74) is 1.27. The third kappa shape index (κ3) is 3.76. The van der Waals surface area contributed by atoms with Crippen molar-refractivity contribution < 1.29 is 8.42 Å². The molecule has 8 nitrogen and oxygen atoms in total. The van der Waals surface area contributed by atoms with Crippen molar-refractivity contribution in [3.63, 3.8) is 0 Å². The minimum Gasteiger partial charge on any atom is -0.311 e. The van der Waals surface area contributed by atoms with Crippen LogP contribution < -0.4 is 10.0 Å². The Morgan fingerprint density at radius 1 is 1.29 bits per heavy atom. The number of anilines is 1. The number of aryl methyl sites for hydroxylation is 1. The van der Waals surface area contributed by atoms with Crippen molar-refractivity contribution in [1.82, 2.24) is 25.5 Å². The second-order valence-electron chi connectivity index (χ2n) is 4.53. The van der Waals surface area contributed by atoms with Gasteiger partial charge in [-0.3, -0.25) is 9.82 Å². The number of hydrogen-bond acceptors (Lipinski definition) is 6. The lowest BCUT2D eigenvalue weighted by molar-refractivity contribution is 0.596. The third-order valence-electron chi connectivity index (χ3n) is 2.76. The van der Waals surface area contributed by atoms with Gasteiger partial charge >= 0.3 is 0 Å². The number of rotatable bonds is 7. The Labute approximate surface area is 123 Å². The number of aromatic nitrogens is 4. The van der Waals surface area contributed by atoms with Gasteiger partial charge in [-0.05, 0) is 19.9 Å². The van der Waals surface area contributed by atoms with Crippen LogP contribution in [0.1, 0.15) is 24.7 Å². The fourth-order valence-corrected chi connectivity index (χ4v) is 3.28. The van der Waals surface area contributed by atoms with Crippen molar-refractivity contribution in [3.05, 3.63) is 30.1 Å². The molecule has 0 aliphatic rings. The van der Waals surface area contributed by atoms with Crippen LogP contribution in [0.15, 0.2) is 23.6 Å². The molecule has 0 saturated heterocycles. The molecule has 21 heavy (non-hydrogen) atoms. The first kappa shape index (κ1) is 15.4. The monoisotopic (exact) mass is 310 g/mol. The zero-order valence-electron chi connectivity index (χ0n) is 11.9. The van der Waals surface area contributed by atoms with Gasteiger partial charge in [0, 0.05) is 6.54 Å². The minimum absolute atomic E-state index is 0.162. The van der Waals surface area contributed by atoms with E-state index in [1.807, 2.05) is 6.92 Å². The molecule has 0 saturated carbocycles. The molecule has 0 amide bonds. The van der Waals surface area contributed by atoms with E-state index in [4.69, 9.17) is 0 Å². The molecule has 114 valence electrons. The average Bonchev–Trinajstić information content (AvgIpc) is 2.82. The molecule has 0 radical (unpaired) electrons. The van der Waals surface area contributed by atoms with E-state index in [1.165, 1.54) is 18.7 Å². The fraction of sp³-hybridized carbons (Fsp3) is 0.417. The number of aromatic amines is 1. The summed E-state index contributed by atoms with van der Waals surface area (Å²) in [5.74, 6) is 0. The van der Waals surface area contributed by atoms with Gasteiger partial charge in [0.15, 0.2) is 0 Å². The van der Waals surface area contributed by atoms with Crippen LogP contribution in [-0.4, -0.2) is 35.1 Å². The highest BCUT2D eigenvalue weighted by molar-refractivity contribution is 7.92. The van der Waals surface area contributed by atoms with Crippen LogP contribution in [0.2, 0.25) is 0 Å². The molecule has 0 aliphatic carbocycles. The topological polar surface area (TPSA) is 113 Å². The Kier molecular flexibility index (Phi) is 4.86.